The average Bonchev–Trinajstić information content (AvgIpc) is 2.43. The van der Waals surface area contributed by atoms with Crippen LogP contribution in [0.3, 0.4) is 0 Å². The maximum atomic E-state index is 6.12. The number of ether oxygens (including phenoxy) is 1. The van der Waals surface area contributed by atoms with Crippen molar-refractivity contribution in [2.75, 3.05) is 0 Å². The molecular weight excluding hydrogens is 340 g/mol. The maximum absolute atomic E-state index is 6.12. The van der Waals surface area contributed by atoms with E-state index in [0.29, 0.717) is 23.2 Å². The van der Waals surface area contributed by atoms with E-state index < -0.39 is 0 Å². The van der Waals surface area contributed by atoms with Crippen LogP contribution in [0.4, 0.5) is 0 Å². The number of benzene rings is 1. The Labute approximate surface area is 132 Å². The molecule has 1 aromatic heterocycles. The molecule has 5 heteroatoms. The first-order valence-corrected chi connectivity index (χ1v) is 7.62. The molecule has 0 aliphatic rings. The normalized spacial score (nSPS) is 10.6. The predicted octanol–water partition coefficient (Wildman–Crippen LogP) is 4.70. The highest BCUT2D eigenvalue weighted by molar-refractivity contribution is 9.10. The molecular formula is C15H16BrClN2O. The molecule has 2 aromatic rings. The Hall–Kier alpha value is -1.10. The van der Waals surface area contributed by atoms with Gasteiger partial charge in [-0.1, -0.05) is 40.9 Å². The number of nitrogens with zero attached hydrogens (tertiary/aromatic N) is 1. The first-order chi connectivity index (χ1) is 9.62. The van der Waals surface area contributed by atoms with Gasteiger partial charge in [0.05, 0.1) is 5.02 Å². The molecule has 0 aliphatic heterocycles. The molecule has 0 amide bonds. The molecule has 20 heavy (non-hydrogen) atoms. The minimum absolute atomic E-state index is 0.460. The van der Waals surface area contributed by atoms with Crippen LogP contribution in [-0.2, 0) is 13.0 Å². The topological polar surface area (TPSA) is 48.1 Å². The highest BCUT2D eigenvalue weighted by atomic mass is 79.9. The van der Waals surface area contributed by atoms with Crippen molar-refractivity contribution < 1.29 is 4.74 Å². The van der Waals surface area contributed by atoms with Gasteiger partial charge in [-0.05, 0) is 36.2 Å². The number of nitrogens with two attached hydrogens (primary N) is 1. The van der Waals surface area contributed by atoms with Gasteiger partial charge >= 0.3 is 0 Å². The molecule has 0 atom stereocenters. The van der Waals surface area contributed by atoms with Gasteiger partial charge in [0.25, 0.3) is 0 Å². The van der Waals surface area contributed by atoms with Crippen molar-refractivity contribution in [2.24, 2.45) is 5.73 Å². The van der Waals surface area contributed by atoms with Gasteiger partial charge in [-0.3, -0.25) is 0 Å². The molecule has 2 N–H and O–H groups in total. The fourth-order valence-electron chi connectivity index (χ4n) is 1.84. The lowest BCUT2D eigenvalue weighted by molar-refractivity contribution is 0.459. The highest BCUT2D eigenvalue weighted by Crippen LogP contribution is 2.31. The van der Waals surface area contributed by atoms with E-state index in [9.17, 15) is 0 Å². The molecule has 1 aromatic carbocycles. The van der Waals surface area contributed by atoms with E-state index in [2.05, 4.69) is 27.8 Å². The Morgan fingerprint density at radius 1 is 1.30 bits per heavy atom. The molecule has 0 spiro atoms. The lowest BCUT2D eigenvalue weighted by Gasteiger charge is -2.10. The van der Waals surface area contributed by atoms with Crippen molar-refractivity contribution in [1.82, 2.24) is 4.98 Å². The highest BCUT2D eigenvalue weighted by Gasteiger charge is 2.07. The zero-order valence-corrected chi connectivity index (χ0v) is 13.5. The minimum Gasteiger partial charge on any atom is -0.437 e. The quantitative estimate of drug-likeness (QED) is 0.845. The summed E-state index contributed by atoms with van der Waals surface area (Å²) in [5, 5.41) is 0.546. The van der Waals surface area contributed by atoms with Gasteiger partial charge in [-0.2, -0.15) is 0 Å². The molecule has 3 nitrogen and oxygen atoms in total. The van der Waals surface area contributed by atoms with Gasteiger partial charge in [0.15, 0.2) is 0 Å². The lowest BCUT2D eigenvalue weighted by Crippen LogP contribution is -2.01. The van der Waals surface area contributed by atoms with Crippen molar-refractivity contribution in [3.05, 3.63) is 51.1 Å². The summed E-state index contributed by atoms with van der Waals surface area (Å²) in [6.45, 7) is 2.57. The van der Waals surface area contributed by atoms with Gasteiger partial charge < -0.3 is 10.5 Å². The van der Waals surface area contributed by atoms with E-state index >= 15 is 0 Å². The molecule has 2 rings (SSSR count). The molecule has 0 fully saturated rings. The second-order valence-corrected chi connectivity index (χ2v) is 5.76. The summed E-state index contributed by atoms with van der Waals surface area (Å²) in [5.74, 6) is 1.10. The first-order valence-electron chi connectivity index (χ1n) is 6.45. The second kappa shape index (κ2) is 7.07. The van der Waals surface area contributed by atoms with Crippen LogP contribution in [0.2, 0.25) is 5.02 Å². The summed E-state index contributed by atoms with van der Waals surface area (Å²) in [7, 11) is 0. The maximum Gasteiger partial charge on any atom is 0.219 e. The van der Waals surface area contributed by atoms with Crippen molar-refractivity contribution in [2.45, 2.75) is 26.3 Å². The summed E-state index contributed by atoms with van der Waals surface area (Å²) < 4.78 is 6.69. The number of hydrogen-bond donors (Lipinski definition) is 1. The number of aryl methyl sites for hydroxylation is 1. The Morgan fingerprint density at radius 2 is 2.10 bits per heavy atom. The van der Waals surface area contributed by atoms with Crippen LogP contribution in [-0.4, -0.2) is 4.98 Å². The van der Waals surface area contributed by atoms with Gasteiger partial charge in [0.2, 0.25) is 5.88 Å². The third kappa shape index (κ3) is 3.95. The van der Waals surface area contributed by atoms with Crippen LogP contribution < -0.4 is 10.5 Å². The monoisotopic (exact) mass is 354 g/mol. The van der Waals surface area contributed by atoms with E-state index in [1.807, 2.05) is 24.3 Å². The summed E-state index contributed by atoms with van der Waals surface area (Å²) in [6, 6.07) is 9.32. The SMILES string of the molecule is CCCc1cc(CN)cc(Oc2cc(Br)ccc2Cl)n1. The molecule has 106 valence electrons. The van der Waals surface area contributed by atoms with E-state index in [1.54, 1.807) is 6.07 Å². The van der Waals surface area contributed by atoms with Crippen LogP contribution in [0.1, 0.15) is 24.6 Å². The van der Waals surface area contributed by atoms with Gasteiger partial charge in [-0.25, -0.2) is 4.98 Å². The average molecular weight is 356 g/mol. The summed E-state index contributed by atoms with van der Waals surface area (Å²) in [6.07, 6.45) is 1.93. The van der Waals surface area contributed by atoms with Crippen molar-refractivity contribution in [3.8, 4) is 11.6 Å². The van der Waals surface area contributed by atoms with Crippen molar-refractivity contribution in [1.29, 1.82) is 0 Å². The molecule has 1 heterocycles. The molecule has 0 saturated carbocycles. The van der Waals surface area contributed by atoms with Crippen LogP contribution in [0.25, 0.3) is 0 Å². The second-order valence-electron chi connectivity index (χ2n) is 4.44. The molecule has 0 saturated heterocycles. The summed E-state index contributed by atoms with van der Waals surface area (Å²) >= 11 is 9.52. The van der Waals surface area contributed by atoms with E-state index in [1.165, 1.54) is 0 Å². The number of rotatable bonds is 5. The van der Waals surface area contributed by atoms with Gasteiger partial charge in [-0.15, -0.1) is 0 Å². The van der Waals surface area contributed by atoms with Gasteiger partial charge in [0, 0.05) is 22.8 Å². The smallest absolute Gasteiger partial charge is 0.219 e. The Kier molecular flexibility index (Phi) is 5.40. The van der Waals surface area contributed by atoms with Crippen molar-refractivity contribution in [3.63, 3.8) is 0 Å². The summed E-state index contributed by atoms with van der Waals surface area (Å²) in [4.78, 5) is 4.49. The van der Waals surface area contributed by atoms with E-state index in [4.69, 9.17) is 22.1 Å². The number of halogens is 2. The largest absolute Gasteiger partial charge is 0.437 e. The number of hydrogen-bond acceptors (Lipinski definition) is 3. The fraction of sp³-hybridized carbons (Fsp3) is 0.267. The third-order valence-electron chi connectivity index (χ3n) is 2.76. The lowest BCUT2D eigenvalue weighted by atomic mass is 10.1. The zero-order valence-electron chi connectivity index (χ0n) is 11.2. The fourth-order valence-corrected chi connectivity index (χ4v) is 2.34. The van der Waals surface area contributed by atoms with Crippen LogP contribution in [0, 0.1) is 0 Å². The van der Waals surface area contributed by atoms with E-state index in [-0.39, 0.29) is 0 Å². The standard InChI is InChI=1S/C15H16BrClN2O/c1-2-3-12-6-10(9-18)7-15(19-12)20-14-8-11(16)4-5-13(14)17/h4-8H,2-3,9,18H2,1H3. The van der Waals surface area contributed by atoms with Gasteiger partial charge in [0.1, 0.15) is 5.75 Å². The number of pyridine rings is 1. The van der Waals surface area contributed by atoms with Crippen molar-refractivity contribution >= 4 is 27.5 Å². The zero-order chi connectivity index (χ0) is 14.5. The van der Waals surface area contributed by atoms with E-state index in [0.717, 1.165) is 28.6 Å². The molecule has 0 radical (unpaired) electrons. The summed E-state index contributed by atoms with van der Waals surface area (Å²) in [5.41, 5.74) is 7.70. The third-order valence-corrected chi connectivity index (χ3v) is 3.57. The minimum atomic E-state index is 0.460. The Morgan fingerprint density at radius 3 is 2.80 bits per heavy atom. The Balaban J connectivity index is 2.32. The van der Waals surface area contributed by atoms with Crippen LogP contribution in [0.5, 0.6) is 11.6 Å². The van der Waals surface area contributed by atoms with Crippen LogP contribution in [0.15, 0.2) is 34.8 Å². The molecule has 0 bridgehead atoms. The first kappa shape index (κ1) is 15.3. The predicted molar refractivity (Wildman–Crippen MR) is 85.3 cm³/mol. The Bertz CT molecular complexity index is 604. The molecule has 0 aliphatic carbocycles. The molecule has 0 unspecified atom stereocenters. The number of aromatic nitrogens is 1. The van der Waals surface area contributed by atoms with Crippen LogP contribution >= 0.6 is 27.5 Å².